The molecular weight excluding hydrogens is 172 g/mol. The van der Waals surface area contributed by atoms with E-state index in [1.807, 2.05) is 30.3 Å². The van der Waals surface area contributed by atoms with Gasteiger partial charge in [-0.2, -0.15) is 0 Å². The topological polar surface area (TPSA) is 20.2 Å². The first-order chi connectivity index (χ1) is 6.61. The molecule has 0 fully saturated rings. The van der Waals surface area contributed by atoms with Crippen molar-refractivity contribution in [2.24, 2.45) is 11.8 Å². The van der Waals surface area contributed by atoms with Crippen molar-refractivity contribution in [3.8, 4) is 0 Å². The lowest BCUT2D eigenvalue weighted by Crippen LogP contribution is -2.11. The van der Waals surface area contributed by atoms with Gasteiger partial charge in [0.2, 0.25) is 0 Å². The molecule has 0 bridgehead atoms. The van der Waals surface area contributed by atoms with Gasteiger partial charge in [-0.1, -0.05) is 51.1 Å². The molecule has 1 heteroatoms. The normalized spacial score (nSPS) is 15.5. The summed E-state index contributed by atoms with van der Waals surface area (Å²) < 4.78 is 0. The Hall–Kier alpha value is -0.820. The second-order valence-corrected chi connectivity index (χ2v) is 4.46. The third kappa shape index (κ3) is 3.15. The van der Waals surface area contributed by atoms with Crippen molar-refractivity contribution in [2.75, 3.05) is 0 Å². The van der Waals surface area contributed by atoms with E-state index in [4.69, 9.17) is 0 Å². The quantitative estimate of drug-likeness (QED) is 0.775. The van der Waals surface area contributed by atoms with Gasteiger partial charge in [-0.25, -0.2) is 0 Å². The van der Waals surface area contributed by atoms with Crippen molar-refractivity contribution < 1.29 is 5.11 Å². The Labute approximate surface area is 86.8 Å². The Morgan fingerprint density at radius 3 is 2.14 bits per heavy atom. The van der Waals surface area contributed by atoms with Gasteiger partial charge in [0, 0.05) is 0 Å². The van der Waals surface area contributed by atoms with E-state index in [0.717, 1.165) is 12.0 Å². The largest absolute Gasteiger partial charge is 0.388 e. The van der Waals surface area contributed by atoms with Crippen LogP contribution >= 0.6 is 0 Å². The van der Waals surface area contributed by atoms with Crippen LogP contribution in [0.1, 0.15) is 38.9 Å². The van der Waals surface area contributed by atoms with Crippen LogP contribution < -0.4 is 0 Å². The van der Waals surface area contributed by atoms with Crippen LogP contribution in [0, 0.1) is 11.8 Å². The molecule has 0 heterocycles. The summed E-state index contributed by atoms with van der Waals surface area (Å²) in [5.41, 5.74) is 1.03. The molecule has 78 valence electrons. The minimum Gasteiger partial charge on any atom is -0.388 e. The lowest BCUT2D eigenvalue weighted by Gasteiger charge is -2.20. The maximum Gasteiger partial charge on any atom is 0.0815 e. The molecule has 1 N–H and O–H groups in total. The van der Waals surface area contributed by atoms with Crippen LogP contribution in [0.5, 0.6) is 0 Å². The van der Waals surface area contributed by atoms with E-state index in [2.05, 4.69) is 20.8 Å². The zero-order chi connectivity index (χ0) is 10.6. The number of hydrogen-bond acceptors (Lipinski definition) is 1. The molecule has 0 amide bonds. The lowest BCUT2D eigenvalue weighted by atomic mass is 9.90. The standard InChI is InChI=1S/C13H20O/c1-10(2)9-11(3)13(14)12-7-5-4-6-8-12/h4-8,10-11,13-14H,9H2,1-3H3/t11-,13+/m0/s1. The van der Waals surface area contributed by atoms with E-state index in [0.29, 0.717) is 11.8 Å². The first kappa shape index (κ1) is 11.3. The number of hydrogen-bond donors (Lipinski definition) is 1. The molecule has 14 heavy (non-hydrogen) atoms. The molecule has 0 radical (unpaired) electrons. The number of aliphatic hydroxyl groups excluding tert-OH is 1. The van der Waals surface area contributed by atoms with E-state index in [-0.39, 0.29) is 6.10 Å². The summed E-state index contributed by atoms with van der Waals surface area (Å²) in [4.78, 5) is 0. The minimum absolute atomic E-state index is 0.321. The maximum atomic E-state index is 10.0. The van der Waals surface area contributed by atoms with Crippen molar-refractivity contribution in [3.05, 3.63) is 35.9 Å². The minimum atomic E-state index is -0.321. The number of aliphatic hydroxyl groups is 1. The molecule has 0 aliphatic carbocycles. The number of benzene rings is 1. The van der Waals surface area contributed by atoms with Crippen LogP contribution in [-0.4, -0.2) is 5.11 Å². The lowest BCUT2D eigenvalue weighted by molar-refractivity contribution is 0.105. The van der Waals surface area contributed by atoms with Gasteiger partial charge in [-0.15, -0.1) is 0 Å². The molecule has 0 saturated carbocycles. The third-order valence-electron chi connectivity index (χ3n) is 2.52. The van der Waals surface area contributed by atoms with Crippen molar-refractivity contribution in [2.45, 2.75) is 33.3 Å². The predicted octanol–water partition coefficient (Wildman–Crippen LogP) is 3.40. The first-order valence-electron chi connectivity index (χ1n) is 5.34. The van der Waals surface area contributed by atoms with Gasteiger partial charge in [0.25, 0.3) is 0 Å². The molecule has 1 aromatic carbocycles. The van der Waals surface area contributed by atoms with Gasteiger partial charge < -0.3 is 5.11 Å². The van der Waals surface area contributed by atoms with E-state index in [1.165, 1.54) is 0 Å². The average Bonchev–Trinajstić information content (AvgIpc) is 2.17. The Morgan fingerprint density at radius 2 is 1.64 bits per heavy atom. The molecule has 0 saturated heterocycles. The fourth-order valence-corrected chi connectivity index (χ4v) is 1.85. The summed E-state index contributed by atoms with van der Waals surface area (Å²) in [5.74, 6) is 0.973. The van der Waals surface area contributed by atoms with Crippen LogP contribution in [0.3, 0.4) is 0 Å². The zero-order valence-corrected chi connectivity index (χ0v) is 9.27. The highest BCUT2D eigenvalue weighted by molar-refractivity contribution is 5.17. The van der Waals surface area contributed by atoms with Gasteiger partial charge in [0.15, 0.2) is 0 Å². The van der Waals surface area contributed by atoms with Gasteiger partial charge in [-0.05, 0) is 23.8 Å². The van der Waals surface area contributed by atoms with Crippen LogP contribution in [0.15, 0.2) is 30.3 Å². The zero-order valence-electron chi connectivity index (χ0n) is 9.27. The van der Waals surface area contributed by atoms with E-state index < -0.39 is 0 Å². The number of rotatable bonds is 4. The third-order valence-corrected chi connectivity index (χ3v) is 2.52. The van der Waals surface area contributed by atoms with Crippen LogP contribution in [0.25, 0.3) is 0 Å². The molecule has 1 rings (SSSR count). The van der Waals surface area contributed by atoms with Crippen molar-refractivity contribution in [1.29, 1.82) is 0 Å². The Balaban J connectivity index is 2.61. The second kappa shape index (κ2) is 5.16. The highest BCUT2D eigenvalue weighted by Gasteiger charge is 2.16. The monoisotopic (exact) mass is 192 g/mol. The Bertz CT molecular complexity index is 253. The van der Waals surface area contributed by atoms with Crippen molar-refractivity contribution in [3.63, 3.8) is 0 Å². The van der Waals surface area contributed by atoms with Crippen molar-refractivity contribution in [1.82, 2.24) is 0 Å². The predicted molar refractivity (Wildman–Crippen MR) is 60.0 cm³/mol. The molecule has 0 aromatic heterocycles. The molecular formula is C13H20O. The summed E-state index contributed by atoms with van der Waals surface area (Å²) in [6, 6.07) is 9.90. The van der Waals surface area contributed by atoms with Crippen LogP contribution in [-0.2, 0) is 0 Å². The summed E-state index contributed by atoms with van der Waals surface area (Å²) >= 11 is 0. The smallest absolute Gasteiger partial charge is 0.0815 e. The highest BCUT2D eigenvalue weighted by Crippen LogP contribution is 2.26. The van der Waals surface area contributed by atoms with E-state index >= 15 is 0 Å². The summed E-state index contributed by atoms with van der Waals surface area (Å²) in [5, 5.41) is 10.0. The molecule has 0 unspecified atom stereocenters. The van der Waals surface area contributed by atoms with Crippen LogP contribution in [0.4, 0.5) is 0 Å². The molecule has 1 nitrogen and oxygen atoms in total. The summed E-state index contributed by atoms with van der Waals surface area (Å²) in [6.07, 6.45) is 0.745. The van der Waals surface area contributed by atoms with E-state index in [9.17, 15) is 5.11 Å². The fourth-order valence-electron chi connectivity index (χ4n) is 1.85. The molecule has 0 aliphatic rings. The van der Waals surface area contributed by atoms with Crippen molar-refractivity contribution >= 4 is 0 Å². The fraction of sp³-hybridized carbons (Fsp3) is 0.538. The van der Waals surface area contributed by atoms with Crippen LogP contribution in [0.2, 0.25) is 0 Å². The Kier molecular flexibility index (Phi) is 4.15. The van der Waals surface area contributed by atoms with Gasteiger partial charge >= 0.3 is 0 Å². The first-order valence-corrected chi connectivity index (χ1v) is 5.34. The summed E-state index contributed by atoms with van der Waals surface area (Å²) in [7, 11) is 0. The van der Waals surface area contributed by atoms with Gasteiger partial charge in [0.1, 0.15) is 0 Å². The Morgan fingerprint density at radius 1 is 1.07 bits per heavy atom. The van der Waals surface area contributed by atoms with Gasteiger partial charge in [-0.3, -0.25) is 0 Å². The summed E-state index contributed by atoms with van der Waals surface area (Å²) in [6.45, 7) is 6.49. The van der Waals surface area contributed by atoms with E-state index in [1.54, 1.807) is 0 Å². The second-order valence-electron chi connectivity index (χ2n) is 4.46. The molecule has 2 atom stereocenters. The average molecular weight is 192 g/mol. The molecule has 0 aliphatic heterocycles. The molecule has 1 aromatic rings. The van der Waals surface area contributed by atoms with Gasteiger partial charge in [0.05, 0.1) is 6.10 Å². The SMILES string of the molecule is CC(C)C[C@H](C)[C@@H](O)c1ccccc1. The molecule has 0 spiro atoms. The maximum absolute atomic E-state index is 10.0. The highest BCUT2D eigenvalue weighted by atomic mass is 16.3.